The van der Waals surface area contributed by atoms with Gasteiger partial charge < -0.3 is 10.5 Å². The lowest BCUT2D eigenvalue weighted by atomic mass is 10.1. The van der Waals surface area contributed by atoms with Gasteiger partial charge in [0.2, 0.25) is 0 Å². The zero-order chi connectivity index (χ0) is 13.0. The Morgan fingerprint density at radius 3 is 2.06 bits per heavy atom. The first kappa shape index (κ1) is 16.8. The van der Waals surface area contributed by atoms with Crippen molar-refractivity contribution in [2.45, 2.75) is 34.6 Å². The van der Waals surface area contributed by atoms with Crippen molar-refractivity contribution in [1.29, 1.82) is 5.41 Å². The summed E-state index contributed by atoms with van der Waals surface area (Å²) in [4.78, 5) is 0. The van der Waals surface area contributed by atoms with E-state index in [1.807, 2.05) is 46.8 Å². The molecule has 1 rings (SSSR count). The summed E-state index contributed by atoms with van der Waals surface area (Å²) in [5, 5.41) is 16.2. The van der Waals surface area contributed by atoms with Crippen LogP contribution in [0.1, 0.15) is 45.7 Å². The maximum absolute atomic E-state index is 9.15. The summed E-state index contributed by atoms with van der Waals surface area (Å²) >= 11 is 0. The minimum atomic E-state index is 0.230. The molecular weight excluding hydrogens is 198 g/mol. The molecule has 1 aromatic carbocycles. The molecule has 0 spiro atoms. The number of benzene rings is 1. The van der Waals surface area contributed by atoms with Crippen LogP contribution < -0.4 is 0 Å². The van der Waals surface area contributed by atoms with Gasteiger partial charge in [0.05, 0.1) is 0 Å². The van der Waals surface area contributed by atoms with Gasteiger partial charge in [-0.15, -0.1) is 0 Å². The number of phenols is 1. The summed E-state index contributed by atoms with van der Waals surface area (Å²) in [6.07, 6.45) is 5.01. The highest BCUT2D eigenvalue weighted by Gasteiger charge is 1.96. The van der Waals surface area contributed by atoms with Crippen molar-refractivity contribution in [3.63, 3.8) is 0 Å². The summed E-state index contributed by atoms with van der Waals surface area (Å²) in [6, 6.07) is 4.94. The lowest BCUT2D eigenvalue weighted by molar-refractivity contribution is 0.475. The van der Waals surface area contributed by atoms with Gasteiger partial charge in [-0.2, -0.15) is 0 Å². The average Bonchev–Trinajstić information content (AvgIpc) is 2.35. The van der Waals surface area contributed by atoms with Crippen LogP contribution >= 0.6 is 0 Å². The normalized spacial score (nSPS) is 8.56. The summed E-state index contributed by atoms with van der Waals surface area (Å²) < 4.78 is 0. The van der Waals surface area contributed by atoms with Crippen molar-refractivity contribution < 1.29 is 5.11 Å². The molecule has 0 heterocycles. The summed E-state index contributed by atoms with van der Waals surface area (Å²) in [5.74, 6) is 0.230. The molecule has 90 valence electrons. The second-order valence-electron chi connectivity index (χ2n) is 2.46. The van der Waals surface area contributed by atoms with Crippen LogP contribution in [0.4, 0.5) is 0 Å². The molecule has 2 heteroatoms. The first-order valence-electron chi connectivity index (χ1n) is 5.74. The zero-order valence-electron chi connectivity index (χ0n) is 10.9. The quantitative estimate of drug-likeness (QED) is 0.711. The SMILES string of the molecule is C/C=C\c1cc(O)ccc1C=N.CC.CC. The molecule has 2 nitrogen and oxygen atoms in total. The predicted molar refractivity (Wildman–Crippen MR) is 73.4 cm³/mol. The Kier molecular flexibility index (Phi) is 12.1. The van der Waals surface area contributed by atoms with Gasteiger partial charge in [0.25, 0.3) is 0 Å². The minimum absolute atomic E-state index is 0.230. The number of phenolic OH excluding ortho intramolecular Hbond substituents is 1. The Bertz CT molecular complexity index is 317. The summed E-state index contributed by atoms with van der Waals surface area (Å²) in [6.45, 7) is 9.90. The third-order valence-electron chi connectivity index (χ3n) is 1.57. The average molecular weight is 221 g/mol. The Morgan fingerprint density at radius 1 is 1.06 bits per heavy atom. The van der Waals surface area contributed by atoms with Crippen molar-refractivity contribution >= 4 is 12.3 Å². The number of hydrogen-bond donors (Lipinski definition) is 2. The van der Waals surface area contributed by atoms with E-state index in [2.05, 4.69) is 0 Å². The smallest absolute Gasteiger partial charge is 0.116 e. The molecule has 0 atom stereocenters. The number of nitrogens with one attached hydrogen (secondary N) is 1. The summed E-state index contributed by atoms with van der Waals surface area (Å²) in [7, 11) is 0. The fourth-order valence-electron chi connectivity index (χ4n) is 1.02. The maximum Gasteiger partial charge on any atom is 0.116 e. The van der Waals surface area contributed by atoms with Crippen LogP contribution in [0.15, 0.2) is 24.3 Å². The fourth-order valence-corrected chi connectivity index (χ4v) is 1.02. The molecule has 0 bridgehead atoms. The molecule has 0 radical (unpaired) electrons. The topological polar surface area (TPSA) is 44.1 Å². The monoisotopic (exact) mass is 221 g/mol. The Hall–Kier alpha value is -1.57. The van der Waals surface area contributed by atoms with Gasteiger partial charge in [-0.1, -0.05) is 39.8 Å². The predicted octanol–water partition coefficient (Wildman–Crippen LogP) is 4.48. The van der Waals surface area contributed by atoms with E-state index in [4.69, 9.17) is 10.5 Å². The molecule has 0 saturated heterocycles. The van der Waals surface area contributed by atoms with E-state index in [1.165, 1.54) is 6.21 Å². The first-order chi connectivity index (χ1) is 7.77. The van der Waals surface area contributed by atoms with E-state index in [9.17, 15) is 0 Å². The molecule has 0 fully saturated rings. The van der Waals surface area contributed by atoms with Crippen molar-refractivity contribution in [2.24, 2.45) is 0 Å². The van der Waals surface area contributed by atoms with Crippen LogP contribution in [0.5, 0.6) is 5.75 Å². The molecule has 1 aromatic rings. The maximum atomic E-state index is 9.15. The van der Waals surface area contributed by atoms with Gasteiger partial charge >= 0.3 is 0 Å². The van der Waals surface area contributed by atoms with E-state index in [-0.39, 0.29) is 5.75 Å². The van der Waals surface area contributed by atoms with Crippen LogP contribution in [-0.2, 0) is 0 Å². The number of hydrogen-bond acceptors (Lipinski definition) is 2. The highest BCUT2D eigenvalue weighted by Crippen LogP contribution is 2.16. The Morgan fingerprint density at radius 2 is 1.62 bits per heavy atom. The van der Waals surface area contributed by atoms with E-state index in [1.54, 1.807) is 18.2 Å². The third-order valence-corrected chi connectivity index (χ3v) is 1.57. The third kappa shape index (κ3) is 6.02. The van der Waals surface area contributed by atoms with Crippen LogP contribution in [-0.4, -0.2) is 11.3 Å². The lowest BCUT2D eigenvalue weighted by Crippen LogP contribution is -1.84. The van der Waals surface area contributed by atoms with Crippen LogP contribution in [0.25, 0.3) is 6.08 Å². The Labute approximate surface area is 99.2 Å². The molecule has 0 unspecified atom stereocenters. The largest absolute Gasteiger partial charge is 0.508 e. The zero-order valence-corrected chi connectivity index (χ0v) is 10.9. The van der Waals surface area contributed by atoms with Gasteiger partial charge in [-0.05, 0) is 36.2 Å². The van der Waals surface area contributed by atoms with Gasteiger partial charge in [0.1, 0.15) is 5.75 Å². The van der Waals surface area contributed by atoms with Crippen LogP contribution in [0, 0.1) is 5.41 Å². The molecule has 0 aliphatic heterocycles. The van der Waals surface area contributed by atoms with Crippen molar-refractivity contribution in [2.75, 3.05) is 0 Å². The standard InChI is InChI=1S/C10H11NO.2C2H6/c1-2-3-8-6-10(12)5-4-9(8)7-11;2*1-2/h2-7,11-12H,1H3;2*1-2H3/b3-2-,11-7?;;. The van der Waals surface area contributed by atoms with E-state index in [0.29, 0.717) is 0 Å². The van der Waals surface area contributed by atoms with Crippen molar-refractivity contribution in [3.05, 3.63) is 35.4 Å². The molecule has 16 heavy (non-hydrogen) atoms. The van der Waals surface area contributed by atoms with E-state index >= 15 is 0 Å². The second-order valence-corrected chi connectivity index (χ2v) is 2.46. The van der Waals surface area contributed by atoms with Gasteiger partial charge in [-0.25, -0.2) is 0 Å². The second kappa shape index (κ2) is 11.5. The number of rotatable bonds is 2. The first-order valence-corrected chi connectivity index (χ1v) is 5.74. The molecular formula is C14H23NO. The molecule has 0 aromatic heterocycles. The van der Waals surface area contributed by atoms with Crippen molar-refractivity contribution in [1.82, 2.24) is 0 Å². The highest BCUT2D eigenvalue weighted by molar-refractivity contribution is 5.83. The van der Waals surface area contributed by atoms with E-state index < -0.39 is 0 Å². The lowest BCUT2D eigenvalue weighted by Gasteiger charge is -1.99. The molecule has 0 amide bonds. The van der Waals surface area contributed by atoms with Gasteiger partial charge in [0, 0.05) is 6.21 Å². The molecule has 0 aliphatic rings. The molecule has 0 saturated carbocycles. The van der Waals surface area contributed by atoms with E-state index in [0.717, 1.165) is 11.1 Å². The van der Waals surface area contributed by atoms with Crippen LogP contribution in [0.3, 0.4) is 0 Å². The summed E-state index contributed by atoms with van der Waals surface area (Å²) in [5.41, 5.74) is 1.68. The Balaban J connectivity index is 0. The van der Waals surface area contributed by atoms with Crippen molar-refractivity contribution in [3.8, 4) is 5.75 Å². The van der Waals surface area contributed by atoms with Gasteiger partial charge in [-0.3, -0.25) is 0 Å². The minimum Gasteiger partial charge on any atom is -0.508 e. The molecule has 2 N–H and O–H groups in total. The number of aromatic hydroxyl groups is 1. The fraction of sp³-hybridized carbons (Fsp3) is 0.357. The van der Waals surface area contributed by atoms with Gasteiger partial charge in [0.15, 0.2) is 0 Å². The number of allylic oxidation sites excluding steroid dienone is 1. The highest BCUT2D eigenvalue weighted by atomic mass is 16.3. The van der Waals surface area contributed by atoms with Crippen LogP contribution in [0.2, 0.25) is 0 Å². The molecule has 0 aliphatic carbocycles.